The van der Waals surface area contributed by atoms with E-state index in [-0.39, 0.29) is 0 Å². The van der Waals surface area contributed by atoms with E-state index in [0.717, 1.165) is 45.4 Å². The van der Waals surface area contributed by atoms with Crippen LogP contribution in [0.5, 0.6) is 0 Å². The van der Waals surface area contributed by atoms with Crippen molar-refractivity contribution in [2.45, 2.75) is 13.3 Å². The van der Waals surface area contributed by atoms with Gasteiger partial charge in [-0.25, -0.2) is 15.0 Å². The Morgan fingerprint density at radius 3 is 2.89 bits per heavy atom. The van der Waals surface area contributed by atoms with E-state index in [9.17, 15) is 0 Å². The van der Waals surface area contributed by atoms with Gasteiger partial charge in [0.25, 0.3) is 0 Å². The standard InChI is InChI=1S/C20H18N6S/c1-12-5-4-8-15-17(12)24-20(27-15)25-18-16(21)19(23-11-22-18)26-10-9-13-6-2-3-7-14(13)26/h2-8,11H,9-10,21H2,1H3,(H,22,23,24,25). The zero-order chi connectivity index (χ0) is 18.4. The summed E-state index contributed by atoms with van der Waals surface area (Å²) in [4.78, 5) is 15.6. The zero-order valence-electron chi connectivity index (χ0n) is 14.8. The molecule has 0 saturated carbocycles. The molecule has 1 aliphatic rings. The fraction of sp³-hybridized carbons (Fsp3) is 0.150. The number of nitrogens with zero attached hydrogens (tertiary/aromatic N) is 4. The summed E-state index contributed by atoms with van der Waals surface area (Å²) in [7, 11) is 0. The first-order valence-electron chi connectivity index (χ1n) is 8.80. The van der Waals surface area contributed by atoms with Gasteiger partial charge in [-0.3, -0.25) is 0 Å². The van der Waals surface area contributed by atoms with Gasteiger partial charge in [0.05, 0.1) is 10.2 Å². The van der Waals surface area contributed by atoms with Crippen LogP contribution in [0.15, 0.2) is 48.8 Å². The second kappa shape index (κ2) is 6.21. The summed E-state index contributed by atoms with van der Waals surface area (Å²) in [6.45, 7) is 2.92. The van der Waals surface area contributed by atoms with E-state index < -0.39 is 0 Å². The molecule has 2 aromatic heterocycles. The Bertz CT molecular complexity index is 1150. The third kappa shape index (κ3) is 2.67. The number of fused-ring (bicyclic) bond motifs is 2. The zero-order valence-corrected chi connectivity index (χ0v) is 15.6. The van der Waals surface area contributed by atoms with Crippen LogP contribution in [0, 0.1) is 6.92 Å². The Kier molecular flexibility index (Phi) is 3.68. The Labute approximate surface area is 160 Å². The number of hydrogen-bond donors (Lipinski definition) is 2. The average molecular weight is 374 g/mol. The molecule has 3 N–H and O–H groups in total. The Morgan fingerprint density at radius 1 is 1.11 bits per heavy atom. The van der Waals surface area contributed by atoms with E-state index in [2.05, 4.69) is 62.4 Å². The van der Waals surface area contributed by atoms with Crippen molar-refractivity contribution >= 4 is 49.7 Å². The van der Waals surface area contributed by atoms with E-state index in [1.54, 1.807) is 17.7 Å². The fourth-order valence-electron chi connectivity index (χ4n) is 3.50. The van der Waals surface area contributed by atoms with Crippen molar-refractivity contribution in [3.05, 3.63) is 59.9 Å². The number of para-hydroxylation sites is 2. The molecule has 4 aromatic rings. The molecular formula is C20H18N6S. The minimum atomic E-state index is 0.533. The summed E-state index contributed by atoms with van der Waals surface area (Å²) in [6, 6.07) is 14.5. The Balaban J connectivity index is 1.51. The van der Waals surface area contributed by atoms with Crippen LogP contribution < -0.4 is 16.0 Å². The monoisotopic (exact) mass is 374 g/mol. The first-order chi connectivity index (χ1) is 13.2. The van der Waals surface area contributed by atoms with Gasteiger partial charge in [0.1, 0.15) is 12.0 Å². The second-order valence-corrected chi connectivity index (χ2v) is 7.59. The third-order valence-electron chi connectivity index (χ3n) is 4.85. The van der Waals surface area contributed by atoms with Crippen LogP contribution in [0.25, 0.3) is 10.2 Å². The quantitative estimate of drug-likeness (QED) is 0.553. The molecule has 0 saturated heterocycles. The molecule has 0 radical (unpaired) electrons. The van der Waals surface area contributed by atoms with Gasteiger partial charge in [0.2, 0.25) is 0 Å². The molecule has 0 fully saturated rings. The lowest BCUT2D eigenvalue weighted by Gasteiger charge is -2.20. The van der Waals surface area contributed by atoms with Gasteiger partial charge in [-0.05, 0) is 36.6 Å². The van der Waals surface area contributed by atoms with E-state index in [1.807, 2.05) is 12.1 Å². The highest BCUT2D eigenvalue weighted by atomic mass is 32.1. The van der Waals surface area contributed by atoms with Gasteiger partial charge in [-0.15, -0.1) is 0 Å². The number of nitrogens with one attached hydrogen (secondary N) is 1. The van der Waals surface area contributed by atoms with Crippen LogP contribution in [-0.4, -0.2) is 21.5 Å². The smallest absolute Gasteiger partial charge is 0.189 e. The first kappa shape index (κ1) is 16.0. The Hall–Kier alpha value is -3.19. The van der Waals surface area contributed by atoms with E-state index in [1.165, 1.54) is 5.56 Å². The summed E-state index contributed by atoms with van der Waals surface area (Å²) in [6.07, 6.45) is 2.53. The van der Waals surface area contributed by atoms with Crippen molar-refractivity contribution in [3.63, 3.8) is 0 Å². The van der Waals surface area contributed by atoms with Crippen molar-refractivity contribution in [3.8, 4) is 0 Å². The number of rotatable bonds is 3. The Morgan fingerprint density at radius 2 is 2.00 bits per heavy atom. The lowest BCUT2D eigenvalue weighted by atomic mass is 10.2. The highest BCUT2D eigenvalue weighted by Gasteiger charge is 2.24. The van der Waals surface area contributed by atoms with E-state index in [4.69, 9.17) is 5.73 Å². The maximum atomic E-state index is 6.44. The number of nitrogens with two attached hydrogens (primary N) is 1. The van der Waals surface area contributed by atoms with Crippen LogP contribution in [0.1, 0.15) is 11.1 Å². The molecule has 5 rings (SSSR count). The maximum Gasteiger partial charge on any atom is 0.189 e. The number of thiazole rings is 1. The van der Waals surface area contributed by atoms with Gasteiger partial charge >= 0.3 is 0 Å². The summed E-state index contributed by atoms with van der Waals surface area (Å²) in [5, 5.41) is 4.06. The molecule has 0 unspecified atom stereocenters. The van der Waals surface area contributed by atoms with E-state index in [0.29, 0.717) is 11.5 Å². The third-order valence-corrected chi connectivity index (χ3v) is 5.79. The number of aryl methyl sites for hydroxylation is 1. The van der Waals surface area contributed by atoms with Crippen LogP contribution in [0.2, 0.25) is 0 Å². The van der Waals surface area contributed by atoms with Crippen LogP contribution in [0.4, 0.5) is 28.1 Å². The normalized spacial score (nSPS) is 13.1. The molecule has 0 bridgehead atoms. The predicted molar refractivity (Wildman–Crippen MR) is 111 cm³/mol. The topological polar surface area (TPSA) is 80.0 Å². The van der Waals surface area contributed by atoms with Gasteiger partial charge in [0, 0.05) is 12.2 Å². The van der Waals surface area contributed by atoms with Gasteiger partial charge < -0.3 is 16.0 Å². The summed E-state index contributed by atoms with van der Waals surface area (Å²) < 4.78 is 1.14. The van der Waals surface area contributed by atoms with Crippen molar-refractivity contribution in [1.29, 1.82) is 0 Å². The summed E-state index contributed by atoms with van der Waals surface area (Å²) in [5.41, 5.74) is 11.6. The lowest BCUT2D eigenvalue weighted by molar-refractivity contribution is 0.967. The average Bonchev–Trinajstić information content (AvgIpc) is 3.28. The molecule has 7 heteroatoms. The number of aromatic nitrogens is 3. The summed E-state index contributed by atoms with van der Waals surface area (Å²) in [5.74, 6) is 1.32. The SMILES string of the molecule is Cc1cccc2sc(Nc3ncnc(N4CCc5ccccc54)c3N)nc12. The molecule has 134 valence electrons. The molecule has 0 spiro atoms. The van der Waals surface area contributed by atoms with Gasteiger partial charge in [0.15, 0.2) is 16.8 Å². The number of hydrogen-bond acceptors (Lipinski definition) is 7. The molecule has 6 nitrogen and oxygen atoms in total. The van der Waals surface area contributed by atoms with E-state index >= 15 is 0 Å². The van der Waals surface area contributed by atoms with Crippen LogP contribution >= 0.6 is 11.3 Å². The van der Waals surface area contributed by atoms with Gasteiger partial charge in [-0.1, -0.05) is 41.7 Å². The molecule has 2 aromatic carbocycles. The first-order valence-corrected chi connectivity index (χ1v) is 9.61. The molecular weight excluding hydrogens is 356 g/mol. The van der Waals surface area contributed by atoms with Crippen LogP contribution in [0.3, 0.4) is 0 Å². The lowest BCUT2D eigenvalue weighted by Crippen LogP contribution is -2.17. The molecule has 0 aliphatic carbocycles. The van der Waals surface area contributed by atoms with Crippen molar-refractivity contribution < 1.29 is 0 Å². The molecule has 0 atom stereocenters. The number of nitrogen functional groups attached to an aromatic ring is 1. The highest BCUT2D eigenvalue weighted by Crippen LogP contribution is 2.39. The molecule has 27 heavy (non-hydrogen) atoms. The molecule has 3 heterocycles. The van der Waals surface area contributed by atoms with Gasteiger partial charge in [-0.2, -0.15) is 0 Å². The minimum Gasteiger partial charge on any atom is -0.393 e. The minimum absolute atomic E-state index is 0.533. The largest absolute Gasteiger partial charge is 0.393 e. The number of benzene rings is 2. The van der Waals surface area contributed by atoms with Crippen molar-refractivity contribution in [2.75, 3.05) is 22.5 Å². The summed E-state index contributed by atoms with van der Waals surface area (Å²) >= 11 is 1.59. The van der Waals surface area contributed by atoms with Crippen molar-refractivity contribution in [2.24, 2.45) is 0 Å². The highest BCUT2D eigenvalue weighted by molar-refractivity contribution is 7.22. The van der Waals surface area contributed by atoms with Crippen molar-refractivity contribution in [1.82, 2.24) is 15.0 Å². The van der Waals surface area contributed by atoms with Crippen LogP contribution in [-0.2, 0) is 6.42 Å². The second-order valence-electron chi connectivity index (χ2n) is 6.56. The number of anilines is 5. The fourth-order valence-corrected chi connectivity index (χ4v) is 4.44. The predicted octanol–water partition coefficient (Wildman–Crippen LogP) is 4.41. The molecule has 1 aliphatic heterocycles. The maximum absolute atomic E-state index is 6.44. The molecule has 0 amide bonds.